The maximum Gasteiger partial charge on any atom is 0.339 e. The van der Waals surface area contributed by atoms with Crippen LogP contribution in [0.15, 0.2) is 47.4 Å². The van der Waals surface area contributed by atoms with Crippen LogP contribution in [-0.2, 0) is 10.1 Å². The Balaban J connectivity index is 2.38. The number of nitro benzene ring substituents is 1. The van der Waals surface area contributed by atoms with Gasteiger partial charge in [-0.3, -0.25) is 10.1 Å². The number of nitrogens with zero attached hydrogens (tertiary/aromatic N) is 2. The van der Waals surface area contributed by atoms with Crippen LogP contribution in [0.1, 0.15) is 5.56 Å². The Labute approximate surface area is 124 Å². The predicted molar refractivity (Wildman–Crippen MR) is 72.0 cm³/mol. The zero-order chi connectivity index (χ0) is 16.3. The normalized spacial score (nSPS) is 10.7. The summed E-state index contributed by atoms with van der Waals surface area (Å²) >= 11 is 0. The van der Waals surface area contributed by atoms with E-state index in [-0.39, 0.29) is 11.4 Å². The Morgan fingerprint density at radius 2 is 1.95 bits per heavy atom. The molecule has 0 atom stereocenters. The Morgan fingerprint density at radius 1 is 1.23 bits per heavy atom. The zero-order valence-electron chi connectivity index (χ0n) is 10.8. The third-order valence-corrected chi connectivity index (χ3v) is 3.82. The molecule has 0 aliphatic heterocycles. The van der Waals surface area contributed by atoms with Crippen molar-refractivity contribution in [2.24, 2.45) is 0 Å². The van der Waals surface area contributed by atoms with Gasteiger partial charge in [0.25, 0.3) is 5.69 Å². The number of hydrogen-bond donors (Lipinski definition) is 0. The van der Waals surface area contributed by atoms with E-state index in [1.54, 1.807) is 0 Å². The van der Waals surface area contributed by atoms with Crippen molar-refractivity contribution in [3.05, 3.63) is 64.0 Å². The lowest BCUT2D eigenvalue weighted by Gasteiger charge is -2.07. The summed E-state index contributed by atoms with van der Waals surface area (Å²) < 4.78 is 42.0. The molecule has 0 fully saturated rings. The average molecular weight is 322 g/mol. The summed E-state index contributed by atoms with van der Waals surface area (Å²) in [4.78, 5) is 9.50. The largest absolute Gasteiger partial charge is 0.379 e. The van der Waals surface area contributed by atoms with Crippen LogP contribution in [0.2, 0.25) is 0 Å². The predicted octanol–water partition coefficient (Wildman–Crippen LogP) is 2.37. The molecule has 0 saturated heterocycles. The summed E-state index contributed by atoms with van der Waals surface area (Å²) in [5, 5.41) is 19.3. The molecular weight excluding hydrogens is 315 g/mol. The monoisotopic (exact) mass is 322 g/mol. The van der Waals surface area contributed by atoms with Crippen LogP contribution in [-0.4, -0.2) is 13.3 Å². The second-order valence-corrected chi connectivity index (χ2v) is 5.59. The Hall–Kier alpha value is -2.99. The molecule has 0 aliphatic carbocycles. The standard InChI is InChI=1S/C13H7FN2O5S/c14-13-5-4-12(6-9(13)8-15)22(19,20)21-11-3-1-2-10(7-11)16(17)18/h1-7H. The summed E-state index contributed by atoms with van der Waals surface area (Å²) in [5.41, 5.74) is -0.798. The van der Waals surface area contributed by atoms with E-state index in [0.717, 1.165) is 24.3 Å². The van der Waals surface area contributed by atoms with E-state index in [0.29, 0.717) is 0 Å². The average Bonchev–Trinajstić information content (AvgIpc) is 2.47. The molecule has 0 amide bonds. The summed E-state index contributed by atoms with van der Waals surface area (Å²) in [6, 6.07) is 8.68. The highest BCUT2D eigenvalue weighted by molar-refractivity contribution is 7.87. The van der Waals surface area contributed by atoms with Crippen molar-refractivity contribution in [3.8, 4) is 11.8 Å². The van der Waals surface area contributed by atoms with Gasteiger partial charge in [0.1, 0.15) is 22.5 Å². The third kappa shape index (κ3) is 3.18. The Bertz CT molecular complexity index is 890. The molecule has 0 bridgehead atoms. The van der Waals surface area contributed by atoms with Gasteiger partial charge in [0.15, 0.2) is 0 Å². The van der Waals surface area contributed by atoms with Crippen molar-refractivity contribution in [2.45, 2.75) is 4.90 Å². The molecule has 112 valence electrons. The van der Waals surface area contributed by atoms with Crippen LogP contribution >= 0.6 is 0 Å². The SMILES string of the molecule is N#Cc1cc(S(=O)(=O)Oc2cccc([N+](=O)[O-])c2)ccc1F. The molecule has 0 N–H and O–H groups in total. The van der Waals surface area contributed by atoms with Crippen molar-refractivity contribution in [3.63, 3.8) is 0 Å². The van der Waals surface area contributed by atoms with E-state index >= 15 is 0 Å². The van der Waals surface area contributed by atoms with Gasteiger partial charge in [-0.05, 0) is 24.3 Å². The number of nitro groups is 1. The van der Waals surface area contributed by atoms with Crippen molar-refractivity contribution in [1.29, 1.82) is 5.26 Å². The fourth-order valence-corrected chi connectivity index (χ4v) is 2.52. The smallest absolute Gasteiger partial charge is 0.339 e. The highest BCUT2D eigenvalue weighted by Crippen LogP contribution is 2.24. The van der Waals surface area contributed by atoms with E-state index in [1.807, 2.05) is 0 Å². The van der Waals surface area contributed by atoms with Gasteiger partial charge in [-0.25, -0.2) is 4.39 Å². The van der Waals surface area contributed by atoms with E-state index < -0.39 is 31.3 Å². The number of non-ortho nitro benzene ring substituents is 1. The molecule has 9 heteroatoms. The van der Waals surface area contributed by atoms with Gasteiger partial charge in [0.2, 0.25) is 0 Å². The third-order valence-electron chi connectivity index (χ3n) is 2.58. The maximum atomic E-state index is 13.2. The van der Waals surface area contributed by atoms with Crippen LogP contribution < -0.4 is 4.18 Å². The van der Waals surface area contributed by atoms with E-state index in [1.165, 1.54) is 24.3 Å². The lowest BCUT2D eigenvalue weighted by atomic mass is 10.2. The van der Waals surface area contributed by atoms with Crippen molar-refractivity contribution in [1.82, 2.24) is 0 Å². The fraction of sp³-hybridized carbons (Fsp3) is 0. The Kier molecular flexibility index (Phi) is 4.05. The molecule has 2 aromatic carbocycles. The molecule has 0 saturated carbocycles. The van der Waals surface area contributed by atoms with Gasteiger partial charge in [-0.2, -0.15) is 13.7 Å². The van der Waals surface area contributed by atoms with Crippen LogP contribution in [0.25, 0.3) is 0 Å². The summed E-state index contributed by atoms with van der Waals surface area (Å²) in [7, 11) is -4.35. The minimum Gasteiger partial charge on any atom is -0.379 e. The first-order valence-electron chi connectivity index (χ1n) is 5.72. The first kappa shape index (κ1) is 15.4. The van der Waals surface area contributed by atoms with Gasteiger partial charge in [-0.15, -0.1) is 0 Å². The van der Waals surface area contributed by atoms with Crippen LogP contribution in [0.5, 0.6) is 5.75 Å². The highest BCUT2D eigenvalue weighted by atomic mass is 32.2. The topological polar surface area (TPSA) is 110 Å². The van der Waals surface area contributed by atoms with Gasteiger partial charge in [-0.1, -0.05) is 6.07 Å². The second-order valence-electron chi connectivity index (χ2n) is 4.05. The van der Waals surface area contributed by atoms with Crippen LogP contribution in [0.4, 0.5) is 10.1 Å². The summed E-state index contributed by atoms with van der Waals surface area (Å²) in [6.45, 7) is 0. The quantitative estimate of drug-likeness (QED) is 0.485. The minimum atomic E-state index is -4.35. The van der Waals surface area contributed by atoms with E-state index in [2.05, 4.69) is 0 Å². The molecule has 0 spiro atoms. The summed E-state index contributed by atoms with van der Waals surface area (Å²) in [5.74, 6) is -1.13. The lowest BCUT2D eigenvalue weighted by Crippen LogP contribution is -2.10. The molecule has 0 aromatic heterocycles. The summed E-state index contributed by atoms with van der Waals surface area (Å²) in [6.07, 6.45) is 0. The number of benzene rings is 2. The molecule has 0 heterocycles. The first-order chi connectivity index (χ1) is 10.3. The minimum absolute atomic E-state index is 0.267. The maximum absolute atomic E-state index is 13.2. The zero-order valence-corrected chi connectivity index (χ0v) is 11.6. The van der Waals surface area contributed by atoms with Crippen LogP contribution in [0.3, 0.4) is 0 Å². The van der Waals surface area contributed by atoms with E-state index in [9.17, 15) is 22.9 Å². The van der Waals surface area contributed by atoms with Crippen molar-refractivity contribution < 1.29 is 21.9 Å². The second kappa shape index (κ2) is 5.79. The number of halogens is 1. The molecule has 0 aliphatic rings. The lowest BCUT2D eigenvalue weighted by molar-refractivity contribution is -0.384. The number of rotatable bonds is 4. The van der Waals surface area contributed by atoms with Gasteiger partial charge in [0, 0.05) is 6.07 Å². The first-order valence-corrected chi connectivity index (χ1v) is 7.13. The molecule has 7 nitrogen and oxygen atoms in total. The molecule has 0 unspecified atom stereocenters. The van der Waals surface area contributed by atoms with Crippen molar-refractivity contribution in [2.75, 3.05) is 0 Å². The molecule has 0 radical (unpaired) electrons. The number of hydrogen-bond acceptors (Lipinski definition) is 6. The molecule has 22 heavy (non-hydrogen) atoms. The van der Waals surface area contributed by atoms with Gasteiger partial charge < -0.3 is 4.18 Å². The van der Waals surface area contributed by atoms with E-state index in [4.69, 9.17) is 9.44 Å². The molecule has 2 aromatic rings. The molecular formula is C13H7FN2O5S. The van der Waals surface area contributed by atoms with Gasteiger partial charge in [0.05, 0.1) is 16.6 Å². The number of nitriles is 1. The van der Waals surface area contributed by atoms with Gasteiger partial charge >= 0.3 is 10.1 Å². The highest BCUT2D eigenvalue weighted by Gasteiger charge is 2.20. The molecule has 2 rings (SSSR count). The Morgan fingerprint density at radius 3 is 2.59 bits per heavy atom. The fourth-order valence-electron chi connectivity index (χ4n) is 1.57. The van der Waals surface area contributed by atoms with Crippen molar-refractivity contribution >= 4 is 15.8 Å². The van der Waals surface area contributed by atoms with Crippen LogP contribution in [0, 0.1) is 27.3 Å².